The Morgan fingerprint density at radius 1 is 1.22 bits per heavy atom. The van der Waals surface area contributed by atoms with Crippen LogP contribution in [0.2, 0.25) is 0 Å². The van der Waals surface area contributed by atoms with Crippen molar-refractivity contribution in [2.24, 2.45) is 0 Å². The monoisotopic (exact) mass is 523 g/mol. The number of hydrogen-bond acceptors (Lipinski definition) is 8. The lowest BCUT2D eigenvalue weighted by atomic mass is 9.77. The van der Waals surface area contributed by atoms with Crippen LogP contribution >= 0.6 is 11.3 Å². The molecular formula is C25H22FN5O5S. The summed E-state index contributed by atoms with van der Waals surface area (Å²) < 4.78 is 20.7. The van der Waals surface area contributed by atoms with Crippen molar-refractivity contribution in [2.45, 2.75) is 56.8 Å². The molecule has 2 aromatic heterocycles. The molecule has 6 rings (SSSR count). The summed E-state index contributed by atoms with van der Waals surface area (Å²) in [5.41, 5.74) is 4.25. The summed E-state index contributed by atoms with van der Waals surface area (Å²) in [6.07, 6.45) is 2.51. The smallest absolute Gasteiger partial charge is 0.407 e. The number of rotatable bonds is 5. The van der Waals surface area contributed by atoms with E-state index in [2.05, 4.69) is 20.6 Å². The minimum Gasteiger partial charge on any atom is -0.446 e. The number of carbonyl (C=O) groups is 4. The molecule has 3 aromatic rings. The highest BCUT2D eigenvalue weighted by Gasteiger charge is 2.41. The lowest BCUT2D eigenvalue weighted by Crippen LogP contribution is -2.52. The van der Waals surface area contributed by atoms with Gasteiger partial charge in [-0.3, -0.25) is 19.7 Å². The molecule has 1 atom stereocenters. The van der Waals surface area contributed by atoms with E-state index in [1.807, 2.05) is 6.07 Å². The maximum absolute atomic E-state index is 15.2. The molecule has 3 aliphatic rings. The van der Waals surface area contributed by atoms with Crippen LogP contribution in [-0.4, -0.2) is 50.8 Å². The van der Waals surface area contributed by atoms with E-state index in [1.54, 1.807) is 17.8 Å². The fourth-order valence-electron chi connectivity index (χ4n) is 5.19. The first-order valence-electron chi connectivity index (χ1n) is 12.0. The first-order valence-corrected chi connectivity index (χ1v) is 12.8. The molecule has 1 aromatic carbocycles. The molecule has 2 N–H and O–H groups in total. The van der Waals surface area contributed by atoms with Gasteiger partial charge in [-0.2, -0.15) is 0 Å². The molecule has 4 heterocycles. The molecule has 0 spiro atoms. The number of nitrogens with one attached hydrogen (secondary N) is 2. The highest BCUT2D eigenvalue weighted by atomic mass is 32.1. The number of pyridine rings is 1. The van der Waals surface area contributed by atoms with Crippen molar-refractivity contribution < 1.29 is 28.3 Å². The lowest BCUT2D eigenvalue weighted by molar-refractivity contribution is -0.136. The first-order chi connectivity index (χ1) is 17.9. The molecule has 0 bridgehead atoms. The second-order valence-corrected chi connectivity index (χ2v) is 10.3. The molecule has 10 nitrogen and oxygen atoms in total. The third-order valence-corrected chi connectivity index (χ3v) is 7.94. The van der Waals surface area contributed by atoms with Gasteiger partial charge >= 0.3 is 6.09 Å². The van der Waals surface area contributed by atoms with E-state index in [9.17, 15) is 19.2 Å². The predicted molar refractivity (Wildman–Crippen MR) is 129 cm³/mol. The van der Waals surface area contributed by atoms with E-state index >= 15 is 4.39 Å². The summed E-state index contributed by atoms with van der Waals surface area (Å²) in [6.45, 7) is -0.0652. The van der Waals surface area contributed by atoms with Crippen LogP contribution in [0.15, 0.2) is 29.9 Å². The lowest BCUT2D eigenvalue weighted by Gasteiger charge is -2.34. The Hall–Kier alpha value is -3.93. The number of imide groups is 1. The van der Waals surface area contributed by atoms with Crippen molar-refractivity contribution in [3.8, 4) is 0 Å². The molecule has 190 valence electrons. The van der Waals surface area contributed by atoms with Crippen LogP contribution in [0.3, 0.4) is 0 Å². The Labute approximate surface area is 214 Å². The van der Waals surface area contributed by atoms with Crippen LogP contribution in [0.4, 0.5) is 9.18 Å². The summed E-state index contributed by atoms with van der Waals surface area (Å²) in [7, 11) is 0. The fourth-order valence-corrected chi connectivity index (χ4v) is 5.85. The highest BCUT2D eigenvalue weighted by Crippen LogP contribution is 2.41. The molecule has 12 heteroatoms. The van der Waals surface area contributed by atoms with E-state index in [0.29, 0.717) is 18.4 Å². The van der Waals surface area contributed by atoms with Crippen LogP contribution in [0.1, 0.15) is 58.6 Å². The second kappa shape index (κ2) is 9.18. The van der Waals surface area contributed by atoms with Gasteiger partial charge in [0.1, 0.15) is 28.3 Å². The number of hydrogen-bond donors (Lipinski definition) is 2. The third-order valence-electron chi connectivity index (χ3n) is 7.21. The van der Waals surface area contributed by atoms with Crippen molar-refractivity contribution >= 4 is 45.5 Å². The molecule has 37 heavy (non-hydrogen) atoms. The van der Waals surface area contributed by atoms with Crippen molar-refractivity contribution in [2.75, 3.05) is 0 Å². The van der Waals surface area contributed by atoms with E-state index in [0.717, 1.165) is 15.9 Å². The van der Waals surface area contributed by atoms with Gasteiger partial charge in [0.05, 0.1) is 11.1 Å². The summed E-state index contributed by atoms with van der Waals surface area (Å²) in [6, 6.07) is 4.26. The van der Waals surface area contributed by atoms with Crippen molar-refractivity contribution in [3.05, 3.63) is 58.0 Å². The van der Waals surface area contributed by atoms with Crippen LogP contribution in [0, 0.1) is 5.82 Å². The minimum absolute atomic E-state index is 0.0840. The van der Waals surface area contributed by atoms with E-state index in [1.165, 1.54) is 22.3 Å². The van der Waals surface area contributed by atoms with Crippen LogP contribution < -0.4 is 10.6 Å². The van der Waals surface area contributed by atoms with Crippen LogP contribution in [0.25, 0.3) is 10.3 Å². The van der Waals surface area contributed by atoms with Gasteiger partial charge in [0, 0.05) is 31.3 Å². The quantitative estimate of drug-likeness (QED) is 0.492. The standard InChI is InChI=1S/C25H22FN5O5S/c26-20-12(1-2-13-10-31(24(34)19(13)20)17-3-4-18(32)30-22(17)33)9-28-25(35)36-15-7-14(8-15)16-5-6-27-23-21(16)29-11-37-23/h1-2,5-6,11,14-15,17H,3-4,7-10H2,(H,28,35)(H,30,32,33). The summed E-state index contributed by atoms with van der Waals surface area (Å²) >= 11 is 1.48. The predicted octanol–water partition coefficient (Wildman–Crippen LogP) is 2.76. The number of halogens is 1. The van der Waals surface area contributed by atoms with Gasteiger partial charge < -0.3 is 15.0 Å². The average molecular weight is 524 g/mol. The summed E-state index contributed by atoms with van der Waals surface area (Å²) in [5.74, 6) is -2.04. The Bertz CT molecular complexity index is 1450. The summed E-state index contributed by atoms with van der Waals surface area (Å²) in [4.78, 5) is 59.8. The van der Waals surface area contributed by atoms with Crippen molar-refractivity contribution in [3.63, 3.8) is 0 Å². The molecule has 1 saturated carbocycles. The number of thiazole rings is 1. The molecule has 1 unspecified atom stereocenters. The molecule has 0 radical (unpaired) electrons. The number of benzene rings is 1. The number of amides is 4. The summed E-state index contributed by atoms with van der Waals surface area (Å²) in [5, 5.41) is 4.79. The van der Waals surface area contributed by atoms with Crippen LogP contribution in [-0.2, 0) is 27.4 Å². The van der Waals surface area contributed by atoms with E-state index in [4.69, 9.17) is 4.74 Å². The molecule has 1 aliphatic carbocycles. The zero-order valence-corrected chi connectivity index (χ0v) is 20.3. The van der Waals surface area contributed by atoms with Gasteiger partial charge in [-0.15, -0.1) is 11.3 Å². The Balaban J connectivity index is 1.04. The largest absolute Gasteiger partial charge is 0.446 e. The fraction of sp³-hybridized carbons (Fsp3) is 0.360. The maximum Gasteiger partial charge on any atom is 0.407 e. The number of ether oxygens (including phenoxy) is 1. The number of fused-ring (bicyclic) bond motifs is 2. The topological polar surface area (TPSA) is 131 Å². The van der Waals surface area contributed by atoms with Crippen molar-refractivity contribution in [1.29, 1.82) is 0 Å². The minimum atomic E-state index is -0.821. The molecule has 2 aliphatic heterocycles. The number of nitrogens with zero attached hydrogens (tertiary/aromatic N) is 3. The van der Waals surface area contributed by atoms with Gasteiger partial charge in [-0.25, -0.2) is 19.2 Å². The van der Waals surface area contributed by atoms with E-state index < -0.39 is 29.8 Å². The molecule has 1 saturated heterocycles. The van der Waals surface area contributed by atoms with Crippen molar-refractivity contribution in [1.82, 2.24) is 25.5 Å². The van der Waals surface area contributed by atoms with Gasteiger partial charge in [0.25, 0.3) is 5.91 Å². The number of aromatic nitrogens is 2. The highest BCUT2D eigenvalue weighted by molar-refractivity contribution is 7.16. The maximum atomic E-state index is 15.2. The third kappa shape index (κ3) is 4.20. The average Bonchev–Trinajstić information content (AvgIpc) is 3.46. The van der Waals surface area contributed by atoms with Gasteiger partial charge in [0.2, 0.25) is 11.8 Å². The van der Waals surface area contributed by atoms with Gasteiger partial charge in [0.15, 0.2) is 0 Å². The Morgan fingerprint density at radius 3 is 2.86 bits per heavy atom. The molecule has 4 amide bonds. The SMILES string of the molecule is O=C1CCC(N2Cc3ccc(CNC(=O)OC4CC(c5ccnc6scnc56)C4)c(F)c3C2=O)C(=O)N1. The zero-order valence-electron chi connectivity index (χ0n) is 19.5. The Kier molecular flexibility index (Phi) is 5.82. The first kappa shape index (κ1) is 23.5. The molecular weight excluding hydrogens is 501 g/mol. The van der Waals surface area contributed by atoms with E-state index in [-0.39, 0.29) is 55.0 Å². The normalized spacial score (nSPS) is 23.0. The Morgan fingerprint density at radius 2 is 2.05 bits per heavy atom. The zero-order chi connectivity index (χ0) is 25.7. The van der Waals surface area contributed by atoms with Crippen LogP contribution in [0.5, 0.6) is 0 Å². The van der Waals surface area contributed by atoms with Gasteiger partial charge in [-0.05, 0) is 42.4 Å². The number of piperidine rings is 1. The van der Waals surface area contributed by atoms with Gasteiger partial charge in [-0.1, -0.05) is 12.1 Å². The number of carbonyl (C=O) groups excluding carboxylic acids is 4. The second-order valence-electron chi connectivity index (χ2n) is 9.43. The molecule has 2 fully saturated rings. The number of alkyl carbamates (subject to hydrolysis) is 1.